The number of fused-ring (bicyclic) bond motifs is 4. The second-order valence-electron chi connectivity index (χ2n) is 15.6. The third-order valence-electron chi connectivity index (χ3n) is 12.3. The summed E-state index contributed by atoms with van der Waals surface area (Å²) in [4.78, 5) is 14.5. The van der Waals surface area contributed by atoms with Gasteiger partial charge in [0.15, 0.2) is 0 Å². The number of hydrogen-bond acceptors (Lipinski definition) is 2. The molecule has 6 heteroatoms. The van der Waals surface area contributed by atoms with Crippen LogP contribution < -0.4 is 0 Å². The number of H-pyrrole nitrogens is 4. The molecule has 0 amide bonds. The van der Waals surface area contributed by atoms with Gasteiger partial charge in [0.05, 0.1) is 22.8 Å². The van der Waals surface area contributed by atoms with Crippen LogP contribution in [0.25, 0.3) is 88.6 Å². The van der Waals surface area contributed by atoms with Crippen LogP contribution in [0.4, 0.5) is 0 Å². The molecule has 6 aromatic carbocycles. The van der Waals surface area contributed by atoms with Gasteiger partial charge in [-0.2, -0.15) is 0 Å². The Balaban J connectivity index is 1.19. The molecule has 0 bridgehead atoms. The predicted molar refractivity (Wildman–Crippen MR) is 229 cm³/mol. The van der Waals surface area contributed by atoms with Crippen molar-refractivity contribution in [3.63, 3.8) is 0 Å². The molecule has 0 aliphatic heterocycles. The molecular formula is C50H40N4O2. The van der Waals surface area contributed by atoms with Crippen molar-refractivity contribution in [2.75, 3.05) is 0 Å². The van der Waals surface area contributed by atoms with Crippen LogP contribution in [-0.2, 0) is 5.41 Å². The van der Waals surface area contributed by atoms with Crippen molar-refractivity contribution in [2.45, 2.75) is 37.5 Å². The van der Waals surface area contributed by atoms with Crippen molar-refractivity contribution >= 4 is 43.6 Å². The van der Waals surface area contributed by atoms with Crippen molar-refractivity contribution in [1.82, 2.24) is 19.9 Å². The fourth-order valence-electron chi connectivity index (χ4n) is 9.42. The van der Waals surface area contributed by atoms with E-state index < -0.39 is 5.41 Å². The van der Waals surface area contributed by atoms with Crippen LogP contribution >= 0.6 is 0 Å². The van der Waals surface area contributed by atoms with E-state index in [2.05, 4.69) is 117 Å². The highest BCUT2D eigenvalue weighted by Gasteiger charge is 2.38. The summed E-state index contributed by atoms with van der Waals surface area (Å²) in [6.07, 6.45) is 5.15. The molecule has 0 atom stereocenters. The molecule has 4 heterocycles. The number of phenolic OH excluding ortho intramolecular Hbond substituents is 2. The van der Waals surface area contributed by atoms with Crippen LogP contribution in [0.3, 0.4) is 0 Å². The summed E-state index contributed by atoms with van der Waals surface area (Å²) in [5.74, 6) is 0.474. The fourth-order valence-corrected chi connectivity index (χ4v) is 9.42. The van der Waals surface area contributed by atoms with Crippen molar-refractivity contribution in [3.8, 4) is 56.5 Å². The number of aromatic amines is 4. The minimum atomic E-state index is -0.414. The first-order valence-corrected chi connectivity index (χ1v) is 19.6. The second-order valence-corrected chi connectivity index (χ2v) is 15.6. The Labute approximate surface area is 323 Å². The maximum Gasteiger partial charge on any atom is 0.134 e. The smallest absolute Gasteiger partial charge is 0.134 e. The molecule has 0 spiro atoms. The highest BCUT2D eigenvalue weighted by molar-refractivity contribution is 5.94. The van der Waals surface area contributed by atoms with Crippen molar-refractivity contribution in [3.05, 3.63) is 157 Å². The Bertz CT molecular complexity index is 2590. The molecule has 56 heavy (non-hydrogen) atoms. The molecule has 1 fully saturated rings. The van der Waals surface area contributed by atoms with Crippen molar-refractivity contribution < 1.29 is 10.2 Å². The van der Waals surface area contributed by atoms with Gasteiger partial charge in [-0.15, -0.1) is 0 Å². The summed E-state index contributed by atoms with van der Waals surface area (Å²) in [6.45, 7) is 0. The second kappa shape index (κ2) is 12.6. The molecule has 0 unspecified atom stereocenters. The summed E-state index contributed by atoms with van der Waals surface area (Å²) in [6, 6.07) is 50.5. The highest BCUT2D eigenvalue weighted by Crippen LogP contribution is 2.52. The van der Waals surface area contributed by atoms with Crippen LogP contribution in [0.5, 0.6) is 11.5 Å². The molecule has 4 aromatic heterocycles. The predicted octanol–water partition coefficient (Wildman–Crippen LogP) is 12.9. The summed E-state index contributed by atoms with van der Waals surface area (Å²) in [7, 11) is 0. The molecular weight excluding hydrogens is 689 g/mol. The average molecular weight is 729 g/mol. The standard InChI is InChI=1S/C50H40N4O2/c55-48-36(44-22-30-12-2-6-16-40(30)51-44)26-34(27-37(48)45-23-31-13-3-7-17-41(31)52-45)50(20-10-1-11-21-50)35-28-38(46-24-32-14-4-8-18-42(32)53-46)49(56)39(29-35)47-25-33-15-5-9-19-43(33)54-47/h2-9,12-19,22-29,51-56H,1,10-11,20-21H2. The number of hydrogen-bond donors (Lipinski definition) is 6. The van der Waals surface area contributed by atoms with E-state index in [0.29, 0.717) is 0 Å². The van der Waals surface area contributed by atoms with Crippen molar-refractivity contribution in [1.29, 1.82) is 0 Å². The number of phenols is 2. The first-order chi connectivity index (χ1) is 27.5. The van der Waals surface area contributed by atoms with E-state index in [4.69, 9.17) is 0 Å². The normalized spacial score (nSPS) is 14.4. The summed E-state index contributed by atoms with van der Waals surface area (Å²) < 4.78 is 0. The summed E-state index contributed by atoms with van der Waals surface area (Å²) in [5.41, 5.74) is 12.5. The van der Waals surface area contributed by atoms with Gasteiger partial charge in [0.1, 0.15) is 11.5 Å². The van der Waals surface area contributed by atoms with Gasteiger partial charge >= 0.3 is 0 Å². The number of para-hydroxylation sites is 4. The maximum atomic E-state index is 12.3. The molecule has 1 saturated carbocycles. The largest absolute Gasteiger partial charge is 0.507 e. The summed E-state index contributed by atoms with van der Waals surface area (Å²) in [5, 5.41) is 29.0. The minimum absolute atomic E-state index is 0.237. The Morgan fingerprint density at radius 1 is 0.357 bits per heavy atom. The number of aromatic hydroxyl groups is 2. The molecule has 6 nitrogen and oxygen atoms in total. The molecule has 6 N–H and O–H groups in total. The number of rotatable bonds is 6. The quantitative estimate of drug-likeness (QED) is 0.103. The molecule has 11 rings (SSSR count). The zero-order valence-corrected chi connectivity index (χ0v) is 30.8. The third-order valence-corrected chi connectivity index (χ3v) is 12.3. The van der Waals surface area contributed by atoms with Gasteiger partial charge in [0.25, 0.3) is 0 Å². The monoisotopic (exact) mass is 728 g/mol. The first kappa shape index (κ1) is 32.5. The lowest BCUT2D eigenvalue weighted by molar-refractivity contribution is 0.345. The van der Waals surface area contributed by atoms with Crippen LogP contribution in [-0.4, -0.2) is 30.1 Å². The molecule has 0 saturated heterocycles. The molecule has 1 aliphatic rings. The number of aromatic nitrogens is 4. The summed E-state index contributed by atoms with van der Waals surface area (Å²) >= 11 is 0. The number of benzene rings is 6. The van der Waals surface area contributed by atoms with E-state index in [-0.39, 0.29) is 11.5 Å². The topological polar surface area (TPSA) is 104 Å². The van der Waals surface area contributed by atoms with E-state index in [0.717, 1.165) is 132 Å². The Kier molecular flexibility index (Phi) is 7.30. The SMILES string of the molecule is Oc1c(-c2cc3ccccc3[nH]2)cc(C2(c3cc(-c4cc5ccccc5[nH]4)c(O)c(-c4cc5ccccc5[nH]4)c3)CCCCC2)cc1-c1cc2ccccc2[nH]1. The van der Waals surface area contributed by atoms with Crippen LogP contribution in [0.2, 0.25) is 0 Å². The Morgan fingerprint density at radius 3 is 0.929 bits per heavy atom. The van der Waals surface area contributed by atoms with E-state index in [1.165, 1.54) is 0 Å². The minimum Gasteiger partial charge on any atom is -0.507 e. The van der Waals surface area contributed by atoms with Crippen LogP contribution in [0, 0.1) is 0 Å². The lowest BCUT2D eigenvalue weighted by atomic mass is 9.64. The zero-order valence-electron chi connectivity index (χ0n) is 30.8. The van der Waals surface area contributed by atoms with Crippen molar-refractivity contribution in [2.24, 2.45) is 0 Å². The average Bonchev–Trinajstić information content (AvgIpc) is 4.05. The van der Waals surface area contributed by atoms with Gasteiger partial charge in [-0.25, -0.2) is 0 Å². The van der Waals surface area contributed by atoms with Gasteiger partial charge in [0, 0.05) is 71.3 Å². The lowest BCUT2D eigenvalue weighted by Crippen LogP contribution is -2.31. The van der Waals surface area contributed by atoms with Gasteiger partial charge < -0.3 is 30.1 Å². The molecule has 1 aliphatic carbocycles. The van der Waals surface area contributed by atoms with E-state index in [9.17, 15) is 10.2 Å². The maximum absolute atomic E-state index is 12.3. The zero-order chi connectivity index (χ0) is 37.4. The molecule has 10 aromatic rings. The van der Waals surface area contributed by atoms with Crippen LogP contribution in [0.1, 0.15) is 43.2 Å². The van der Waals surface area contributed by atoms with Gasteiger partial charge in [-0.05, 0) is 96.8 Å². The van der Waals surface area contributed by atoms with E-state index in [1.807, 2.05) is 48.5 Å². The van der Waals surface area contributed by atoms with Gasteiger partial charge in [-0.1, -0.05) is 92.1 Å². The fraction of sp³-hybridized carbons (Fsp3) is 0.120. The number of nitrogens with one attached hydrogen (secondary N) is 4. The van der Waals surface area contributed by atoms with Gasteiger partial charge in [0.2, 0.25) is 0 Å². The molecule has 0 radical (unpaired) electrons. The third kappa shape index (κ3) is 5.17. The highest BCUT2D eigenvalue weighted by atomic mass is 16.3. The lowest BCUT2D eigenvalue weighted by Gasteiger charge is -2.40. The van der Waals surface area contributed by atoms with Crippen LogP contribution in [0.15, 0.2) is 146 Å². The molecule has 272 valence electrons. The first-order valence-electron chi connectivity index (χ1n) is 19.6. The van der Waals surface area contributed by atoms with E-state index >= 15 is 0 Å². The van der Waals surface area contributed by atoms with Gasteiger partial charge in [-0.3, -0.25) is 0 Å². The Hall–Kier alpha value is -6.92. The Morgan fingerprint density at radius 2 is 0.643 bits per heavy atom. The van der Waals surface area contributed by atoms with E-state index in [1.54, 1.807) is 0 Å².